The van der Waals surface area contributed by atoms with Crippen molar-refractivity contribution in [2.75, 3.05) is 19.6 Å². The Kier molecular flexibility index (Phi) is 4.73. The lowest BCUT2D eigenvalue weighted by Crippen LogP contribution is -2.52. The van der Waals surface area contributed by atoms with Gasteiger partial charge in [-0.05, 0) is 24.8 Å². The van der Waals surface area contributed by atoms with Crippen LogP contribution in [0.4, 0.5) is 4.39 Å². The molecule has 1 aromatic carbocycles. The van der Waals surface area contributed by atoms with Crippen molar-refractivity contribution < 1.29 is 19.4 Å². The molecule has 1 fully saturated rings. The fourth-order valence-corrected chi connectivity index (χ4v) is 2.58. The summed E-state index contributed by atoms with van der Waals surface area (Å²) in [6, 6.07) is 10.1. The Morgan fingerprint density at radius 1 is 1.30 bits per heavy atom. The molecule has 20 heavy (non-hydrogen) atoms. The summed E-state index contributed by atoms with van der Waals surface area (Å²) in [4.78, 5) is 12.8. The molecule has 0 amide bonds. The molecule has 2 rings (SSSR count). The summed E-state index contributed by atoms with van der Waals surface area (Å²) >= 11 is 0. The number of aliphatic hydroxyl groups is 1. The number of likely N-dealkylation sites (tertiary alicyclic amines) is 1. The van der Waals surface area contributed by atoms with E-state index < -0.39 is 17.7 Å². The van der Waals surface area contributed by atoms with Crippen LogP contribution in [0.1, 0.15) is 18.4 Å². The summed E-state index contributed by atoms with van der Waals surface area (Å²) in [7, 11) is 0. The quantitative estimate of drug-likeness (QED) is 0.858. The summed E-state index contributed by atoms with van der Waals surface area (Å²) in [5.74, 6) is -1.58. The van der Waals surface area contributed by atoms with E-state index in [0.29, 0.717) is 13.1 Å². The number of carbonyl (C=O) groups is 1. The van der Waals surface area contributed by atoms with Crippen LogP contribution in [0.2, 0.25) is 0 Å². The van der Waals surface area contributed by atoms with Crippen LogP contribution in [-0.4, -0.2) is 52.5 Å². The first-order valence-corrected chi connectivity index (χ1v) is 6.87. The monoisotopic (exact) mass is 281 g/mol. The maximum atomic E-state index is 13.5. The number of halogens is 1. The fraction of sp³-hybridized carbons (Fsp3) is 0.533. The zero-order valence-corrected chi connectivity index (χ0v) is 11.3. The molecule has 1 heterocycles. The molecule has 0 saturated carbocycles. The molecule has 1 saturated heterocycles. The zero-order chi connectivity index (χ0) is 14.6. The summed E-state index contributed by atoms with van der Waals surface area (Å²) in [5, 5.41) is 18.7. The van der Waals surface area contributed by atoms with Crippen molar-refractivity contribution in [3.05, 3.63) is 35.9 Å². The molecule has 110 valence electrons. The summed E-state index contributed by atoms with van der Waals surface area (Å²) in [5.41, 5.74) is -0.475. The lowest BCUT2D eigenvalue weighted by molar-refractivity contribution is -0.158. The third-order valence-electron chi connectivity index (χ3n) is 3.97. The van der Waals surface area contributed by atoms with Crippen LogP contribution in [0, 0.1) is 0 Å². The number of alkyl halides is 1. The SMILES string of the molecule is O=C(O)C(F)C1(O)CCN(CCc2ccccc2)CC1. The fourth-order valence-electron chi connectivity index (χ4n) is 2.58. The van der Waals surface area contributed by atoms with Gasteiger partial charge in [0, 0.05) is 19.6 Å². The van der Waals surface area contributed by atoms with Crippen molar-refractivity contribution in [3.63, 3.8) is 0 Å². The Bertz CT molecular complexity index is 444. The van der Waals surface area contributed by atoms with E-state index in [-0.39, 0.29) is 12.8 Å². The highest BCUT2D eigenvalue weighted by atomic mass is 19.1. The van der Waals surface area contributed by atoms with Crippen LogP contribution in [-0.2, 0) is 11.2 Å². The Labute approximate surface area is 117 Å². The third-order valence-corrected chi connectivity index (χ3v) is 3.97. The summed E-state index contributed by atoms with van der Waals surface area (Å²) < 4.78 is 13.5. The lowest BCUT2D eigenvalue weighted by Gasteiger charge is -2.38. The van der Waals surface area contributed by atoms with Gasteiger partial charge in [0.1, 0.15) is 5.60 Å². The van der Waals surface area contributed by atoms with Crippen LogP contribution in [0.3, 0.4) is 0 Å². The van der Waals surface area contributed by atoms with Crippen molar-refractivity contribution in [3.8, 4) is 0 Å². The van der Waals surface area contributed by atoms with E-state index in [9.17, 15) is 14.3 Å². The normalized spacial score (nSPS) is 20.5. The zero-order valence-electron chi connectivity index (χ0n) is 11.3. The van der Waals surface area contributed by atoms with Gasteiger partial charge in [-0.3, -0.25) is 0 Å². The number of hydrogen-bond donors (Lipinski definition) is 2. The highest BCUT2D eigenvalue weighted by Crippen LogP contribution is 2.28. The van der Waals surface area contributed by atoms with Gasteiger partial charge in [0.05, 0.1) is 0 Å². The number of benzene rings is 1. The largest absolute Gasteiger partial charge is 0.479 e. The van der Waals surface area contributed by atoms with Crippen molar-refractivity contribution in [2.24, 2.45) is 0 Å². The van der Waals surface area contributed by atoms with Gasteiger partial charge < -0.3 is 15.1 Å². The lowest BCUT2D eigenvalue weighted by atomic mass is 9.86. The van der Waals surface area contributed by atoms with Crippen LogP contribution in [0.25, 0.3) is 0 Å². The molecule has 1 aliphatic heterocycles. The van der Waals surface area contributed by atoms with Crippen LogP contribution < -0.4 is 0 Å². The molecule has 1 unspecified atom stereocenters. The van der Waals surface area contributed by atoms with Gasteiger partial charge in [-0.15, -0.1) is 0 Å². The topological polar surface area (TPSA) is 60.8 Å². The molecule has 0 radical (unpaired) electrons. The molecule has 1 aromatic rings. The molecular formula is C15H20FNO3. The van der Waals surface area contributed by atoms with E-state index >= 15 is 0 Å². The smallest absolute Gasteiger partial charge is 0.341 e. The van der Waals surface area contributed by atoms with Gasteiger partial charge in [0.2, 0.25) is 6.17 Å². The van der Waals surface area contributed by atoms with Gasteiger partial charge in [-0.25, -0.2) is 9.18 Å². The highest BCUT2D eigenvalue weighted by Gasteiger charge is 2.44. The number of nitrogens with zero attached hydrogens (tertiary/aromatic N) is 1. The minimum atomic E-state index is -2.20. The number of carboxylic acids is 1. The number of piperidine rings is 1. The molecule has 0 aliphatic carbocycles. The standard InChI is InChI=1S/C15H20FNO3/c16-13(14(18)19)15(20)7-10-17(11-8-15)9-6-12-4-2-1-3-5-12/h1-5,13,20H,6-11H2,(H,18,19). The number of aliphatic carboxylic acids is 1. The first kappa shape index (κ1) is 14.9. The second-order valence-corrected chi connectivity index (χ2v) is 5.38. The molecule has 0 bridgehead atoms. The average molecular weight is 281 g/mol. The van der Waals surface area contributed by atoms with Crippen molar-refractivity contribution in [2.45, 2.75) is 31.0 Å². The van der Waals surface area contributed by atoms with Gasteiger partial charge in [-0.1, -0.05) is 30.3 Å². The highest BCUT2D eigenvalue weighted by molar-refractivity contribution is 5.73. The molecule has 5 heteroatoms. The molecule has 0 aromatic heterocycles. The summed E-state index contributed by atoms with van der Waals surface area (Å²) in [6.07, 6.45) is -0.972. The first-order chi connectivity index (χ1) is 9.51. The number of hydrogen-bond acceptors (Lipinski definition) is 3. The predicted octanol–water partition coefficient (Wildman–Crippen LogP) is 1.48. The molecule has 1 aliphatic rings. The minimum Gasteiger partial charge on any atom is -0.479 e. The first-order valence-electron chi connectivity index (χ1n) is 6.87. The van der Waals surface area contributed by atoms with Gasteiger partial charge >= 0.3 is 5.97 Å². The van der Waals surface area contributed by atoms with E-state index in [1.807, 2.05) is 18.2 Å². The van der Waals surface area contributed by atoms with Gasteiger partial charge in [0.15, 0.2) is 0 Å². The van der Waals surface area contributed by atoms with Crippen LogP contribution >= 0.6 is 0 Å². The Morgan fingerprint density at radius 2 is 1.90 bits per heavy atom. The van der Waals surface area contributed by atoms with Gasteiger partial charge in [-0.2, -0.15) is 0 Å². The van der Waals surface area contributed by atoms with E-state index in [2.05, 4.69) is 17.0 Å². The van der Waals surface area contributed by atoms with Crippen molar-refractivity contribution >= 4 is 5.97 Å². The maximum absolute atomic E-state index is 13.5. The second-order valence-electron chi connectivity index (χ2n) is 5.38. The number of rotatable bonds is 5. The van der Waals surface area contributed by atoms with Crippen LogP contribution in [0.5, 0.6) is 0 Å². The van der Waals surface area contributed by atoms with Crippen molar-refractivity contribution in [1.29, 1.82) is 0 Å². The molecule has 0 spiro atoms. The minimum absolute atomic E-state index is 0.162. The van der Waals surface area contributed by atoms with E-state index in [1.54, 1.807) is 0 Å². The second kappa shape index (κ2) is 6.33. The Hall–Kier alpha value is -1.46. The van der Waals surface area contributed by atoms with Crippen molar-refractivity contribution in [1.82, 2.24) is 4.90 Å². The van der Waals surface area contributed by atoms with E-state index in [1.165, 1.54) is 5.56 Å². The van der Waals surface area contributed by atoms with Crippen LogP contribution in [0.15, 0.2) is 30.3 Å². The Morgan fingerprint density at radius 3 is 2.45 bits per heavy atom. The predicted molar refractivity (Wildman–Crippen MR) is 73.3 cm³/mol. The molecule has 1 atom stereocenters. The molecular weight excluding hydrogens is 261 g/mol. The Balaban J connectivity index is 1.81. The van der Waals surface area contributed by atoms with E-state index in [4.69, 9.17) is 5.11 Å². The average Bonchev–Trinajstić information content (AvgIpc) is 2.47. The molecule has 2 N–H and O–H groups in total. The third kappa shape index (κ3) is 3.55. The van der Waals surface area contributed by atoms with E-state index in [0.717, 1.165) is 13.0 Å². The molecule has 4 nitrogen and oxygen atoms in total. The number of carboxylic acid groups (broad SMARTS) is 1. The maximum Gasteiger partial charge on any atom is 0.341 e. The summed E-state index contributed by atoms with van der Waals surface area (Å²) in [6.45, 7) is 1.89. The van der Waals surface area contributed by atoms with Gasteiger partial charge in [0.25, 0.3) is 0 Å².